The van der Waals surface area contributed by atoms with Crippen molar-refractivity contribution in [2.24, 2.45) is 10.9 Å². The second-order valence-electron chi connectivity index (χ2n) is 6.23. The molecule has 2 N–H and O–H groups in total. The molecule has 1 aromatic rings. The van der Waals surface area contributed by atoms with Gasteiger partial charge in [-0.2, -0.15) is 13.2 Å². The molecule has 0 amide bonds. The Labute approximate surface area is 141 Å². The van der Waals surface area contributed by atoms with Gasteiger partial charge in [0, 0.05) is 20.1 Å². The van der Waals surface area contributed by atoms with Crippen molar-refractivity contribution in [1.82, 2.24) is 15.5 Å². The highest BCUT2D eigenvalue weighted by Crippen LogP contribution is 2.22. The number of benzene rings is 1. The van der Waals surface area contributed by atoms with E-state index in [9.17, 15) is 13.2 Å². The smallest absolute Gasteiger partial charge is 0.356 e. The quantitative estimate of drug-likeness (QED) is 0.638. The van der Waals surface area contributed by atoms with Crippen molar-refractivity contribution in [3.8, 4) is 0 Å². The summed E-state index contributed by atoms with van der Waals surface area (Å²) < 4.78 is 37.3. The Morgan fingerprint density at radius 2 is 2.04 bits per heavy atom. The predicted octanol–water partition coefficient (Wildman–Crippen LogP) is 2.80. The van der Waals surface area contributed by atoms with E-state index in [1.165, 1.54) is 4.90 Å². The van der Waals surface area contributed by atoms with Crippen molar-refractivity contribution in [1.29, 1.82) is 0 Å². The number of hydrogen-bond acceptors (Lipinski definition) is 2. The number of hydrogen-bond donors (Lipinski definition) is 2. The van der Waals surface area contributed by atoms with Crippen LogP contribution in [0.2, 0.25) is 0 Å². The van der Waals surface area contributed by atoms with Gasteiger partial charge in [0.2, 0.25) is 0 Å². The molecule has 0 spiro atoms. The van der Waals surface area contributed by atoms with Crippen LogP contribution in [0.1, 0.15) is 24.9 Å². The van der Waals surface area contributed by atoms with Crippen molar-refractivity contribution in [2.75, 3.05) is 33.2 Å². The molecule has 0 aromatic heterocycles. The third kappa shape index (κ3) is 6.03. The molecule has 4 nitrogen and oxygen atoms in total. The van der Waals surface area contributed by atoms with Crippen LogP contribution < -0.4 is 10.6 Å². The summed E-state index contributed by atoms with van der Waals surface area (Å²) >= 11 is 0. The molecular weight excluding hydrogens is 317 g/mol. The Hall–Kier alpha value is -1.76. The minimum atomic E-state index is -4.12. The van der Waals surface area contributed by atoms with E-state index in [0.29, 0.717) is 25.6 Å². The second kappa shape index (κ2) is 8.37. The average molecular weight is 342 g/mol. The topological polar surface area (TPSA) is 39.7 Å². The van der Waals surface area contributed by atoms with Crippen LogP contribution in [0.3, 0.4) is 0 Å². The van der Waals surface area contributed by atoms with Gasteiger partial charge < -0.3 is 10.6 Å². The standard InChI is InChI=1S/C17H25F3N4/c1-13(15-6-4-3-5-7-15)23-16(21-2)22-10-14-8-9-24(11-14)12-17(18,19)20/h3-7,13-14H,8-12H2,1-2H3,(H2,21,22,23). The molecule has 24 heavy (non-hydrogen) atoms. The lowest BCUT2D eigenvalue weighted by Crippen LogP contribution is -2.41. The molecule has 1 heterocycles. The molecule has 1 aromatic carbocycles. The summed E-state index contributed by atoms with van der Waals surface area (Å²) in [7, 11) is 1.69. The fraction of sp³-hybridized carbons (Fsp3) is 0.588. The van der Waals surface area contributed by atoms with Gasteiger partial charge in [0.05, 0.1) is 12.6 Å². The van der Waals surface area contributed by atoms with Gasteiger partial charge in [-0.05, 0) is 31.4 Å². The Morgan fingerprint density at radius 3 is 2.67 bits per heavy atom. The predicted molar refractivity (Wildman–Crippen MR) is 90.0 cm³/mol. The fourth-order valence-corrected chi connectivity index (χ4v) is 2.94. The lowest BCUT2D eigenvalue weighted by atomic mass is 10.1. The maximum absolute atomic E-state index is 12.4. The summed E-state index contributed by atoms with van der Waals surface area (Å²) in [5, 5.41) is 6.53. The number of rotatable bonds is 5. The Balaban J connectivity index is 1.76. The van der Waals surface area contributed by atoms with Crippen LogP contribution in [0.15, 0.2) is 35.3 Å². The number of nitrogens with zero attached hydrogens (tertiary/aromatic N) is 2. The second-order valence-corrected chi connectivity index (χ2v) is 6.23. The number of alkyl halides is 3. The molecule has 1 aliphatic rings. The van der Waals surface area contributed by atoms with Crippen LogP contribution >= 0.6 is 0 Å². The average Bonchev–Trinajstić information content (AvgIpc) is 2.97. The summed E-state index contributed by atoms with van der Waals surface area (Å²) in [4.78, 5) is 5.66. The molecule has 0 radical (unpaired) electrons. The van der Waals surface area contributed by atoms with Crippen LogP contribution in [0.4, 0.5) is 13.2 Å². The molecule has 1 fully saturated rings. The third-order valence-corrected chi connectivity index (χ3v) is 4.21. The van der Waals surface area contributed by atoms with Crippen LogP contribution in [0, 0.1) is 5.92 Å². The monoisotopic (exact) mass is 342 g/mol. The van der Waals surface area contributed by atoms with Gasteiger partial charge in [0.15, 0.2) is 5.96 Å². The summed E-state index contributed by atoms with van der Waals surface area (Å²) in [5.74, 6) is 0.874. The largest absolute Gasteiger partial charge is 0.401 e. The zero-order valence-electron chi connectivity index (χ0n) is 14.1. The summed E-state index contributed by atoms with van der Waals surface area (Å²) in [5.41, 5.74) is 1.15. The molecule has 2 unspecified atom stereocenters. The van der Waals surface area contributed by atoms with Gasteiger partial charge in [-0.15, -0.1) is 0 Å². The van der Waals surface area contributed by atoms with E-state index >= 15 is 0 Å². The first-order valence-corrected chi connectivity index (χ1v) is 8.18. The van der Waals surface area contributed by atoms with E-state index < -0.39 is 12.7 Å². The number of likely N-dealkylation sites (tertiary alicyclic amines) is 1. The molecule has 0 aliphatic carbocycles. The Morgan fingerprint density at radius 1 is 1.33 bits per heavy atom. The summed E-state index contributed by atoms with van der Waals surface area (Å²) in [6, 6.07) is 10.1. The van der Waals surface area contributed by atoms with Gasteiger partial charge in [-0.25, -0.2) is 0 Å². The molecule has 0 saturated carbocycles. The molecule has 0 bridgehead atoms. The van der Waals surface area contributed by atoms with Crippen molar-refractivity contribution in [3.05, 3.63) is 35.9 Å². The number of guanidine groups is 1. The van der Waals surface area contributed by atoms with Crippen LogP contribution in [-0.4, -0.2) is 50.3 Å². The van der Waals surface area contributed by atoms with Gasteiger partial charge in [0.1, 0.15) is 0 Å². The minimum absolute atomic E-state index is 0.0997. The van der Waals surface area contributed by atoms with E-state index in [4.69, 9.17) is 0 Å². The van der Waals surface area contributed by atoms with E-state index in [-0.39, 0.29) is 12.0 Å². The first kappa shape index (κ1) is 18.6. The zero-order valence-corrected chi connectivity index (χ0v) is 14.1. The lowest BCUT2D eigenvalue weighted by Gasteiger charge is -2.20. The maximum atomic E-state index is 12.4. The molecule has 134 valence electrons. The molecule has 1 saturated heterocycles. The van der Waals surface area contributed by atoms with Crippen LogP contribution in [0.5, 0.6) is 0 Å². The molecule has 2 rings (SSSR count). The van der Waals surface area contributed by atoms with Gasteiger partial charge in [-0.1, -0.05) is 30.3 Å². The van der Waals surface area contributed by atoms with Crippen molar-refractivity contribution in [3.63, 3.8) is 0 Å². The minimum Gasteiger partial charge on any atom is -0.356 e. The van der Waals surface area contributed by atoms with Crippen LogP contribution in [-0.2, 0) is 0 Å². The number of halogens is 3. The highest BCUT2D eigenvalue weighted by atomic mass is 19.4. The Kier molecular flexibility index (Phi) is 6.48. The zero-order chi connectivity index (χ0) is 17.6. The molecule has 1 aliphatic heterocycles. The molecule has 7 heteroatoms. The SMILES string of the molecule is CN=C(NCC1CCN(CC(F)(F)F)C1)NC(C)c1ccccc1. The number of aliphatic imine (C=N–C) groups is 1. The van der Waals surface area contributed by atoms with E-state index in [1.54, 1.807) is 7.05 Å². The molecular formula is C17H25F3N4. The van der Waals surface area contributed by atoms with E-state index in [1.807, 2.05) is 37.3 Å². The van der Waals surface area contributed by atoms with Crippen molar-refractivity contribution >= 4 is 5.96 Å². The van der Waals surface area contributed by atoms with E-state index in [0.717, 1.165) is 12.0 Å². The van der Waals surface area contributed by atoms with Gasteiger partial charge in [-0.3, -0.25) is 9.89 Å². The van der Waals surface area contributed by atoms with Crippen molar-refractivity contribution in [2.45, 2.75) is 25.6 Å². The number of nitrogens with one attached hydrogen (secondary N) is 2. The first-order chi connectivity index (χ1) is 11.4. The highest BCUT2D eigenvalue weighted by molar-refractivity contribution is 5.80. The first-order valence-electron chi connectivity index (χ1n) is 8.18. The third-order valence-electron chi connectivity index (χ3n) is 4.21. The lowest BCUT2D eigenvalue weighted by molar-refractivity contribution is -0.143. The van der Waals surface area contributed by atoms with Gasteiger partial charge in [0.25, 0.3) is 0 Å². The molecule has 2 atom stereocenters. The normalized spacial score (nSPS) is 20.9. The van der Waals surface area contributed by atoms with Gasteiger partial charge >= 0.3 is 6.18 Å². The Bertz CT molecular complexity index is 530. The van der Waals surface area contributed by atoms with E-state index in [2.05, 4.69) is 15.6 Å². The summed E-state index contributed by atoms with van der Waals surface area (Å²) in [6.45, 7) is 2.82. The summed E-state index contributed by atoms with van der Waals surface area (Å²) in [6.07, 6.45) is -3.35. The van der Waals surface area contributed by atoms with Crippen LogP contribution in [0.25, 0.3) is 0 Å². The van der Waals surface area contributed by atoms with Crippen molar-refractivity contribution < 1.29 is 13.2 Å². The fourth-order valence-electron chi connectivity index (χ4n) is 2.94. The highest BCUT2D eigenvalue weighted by Gasteiger charge is 2.34. The maximum Gasteiger partial charge on any atom is 0.401 e.